The van der Waals surface area contributed by atoms with Crippen LogP contribution in [0, 0.1) is 0 Å². The van der Waals surface area contributed by atoms with Crippen molar-refractivity contribution < 1.29 is 50.0 Å². The first-order valence-electron chi connectivity index (χ1n) is 33.0. The average molecular weight is 1100 g/mol. The molecule has 78 heavy (non-hydrogen) atoms. The monoisotopic (exact) mass is 1100 g/mol. The highest BCUT2D eigenvalue weighted by Gasteiger charge is 2.44. The third kappa shape index (κ3) is 42.8. The minimum atomic E-state index is -1.67. The summed E-state index contributed by atoms with van der Waals surface area (Å²) in [5.41, 5.74) is 0. The zero-order valence-corrected chi connectivity index (χ0v) is 50.4. The van der Waals surface area contributed by atoms with Crippen molar-refractivity contribution in [3.05, 3.63) is 48.6 Å². The lowest BCUT2D eigenvalue weighted by molar-refractivity contribution is -0.303. The number of allylic oxidation sites excluding steroid dienone is 8. The minimum Gasteiger partial charge on any atom is -0.394 e. The molecule has 0 spiro atoms. The van der Waals surface area contributed by atoms with Crippen LogP contribution in [0.4, 0.5) is 0 Å². The summed E-state index contributed by atoms with van der Waals surface area (Å²) in [4.78, 5) is 13.2. The van der Waals surface area contributed by atoms with Crippen molar-refractivity contribution in [2.24, 2.45) is 0 Å². The molecule has 1 saturated heterocycles. The molecule has 0 radical (unpaired) electrons. The molecule has 8 N–H and O–H groups in total. The molecule has 9 atom stereocenters. The maximum Gasteiger partial charge on any atom is 0.249 e. The van der Waals surface area contributed by atoms with Crippen molar-refractivity contribution in [1.82, 2.24) is 5.32 Å². The Labute approximate surface area is 479 Å². The van der Waals surface area contributed by atoms with Crippen LogP contribution in [-0.4, -0.2) is 110 Å². The molecule has 1 aliphatic rings. The number of ether oxygens (including phenoxy) is 2. The highest BCUT2D eigenvalue weighted by Crippen LogP contribution is 2.23. The van der Waals surface area contributed by atoms with Crippen molar-refractivity contribution in [3.8, 4) is 0 Å². The molecule has 0 bridgehead atoms. The second-order valence-corrected chi connectivity index (χ2v) is 23.2. The number of aliphatic hydroxyl groups excluding tert-OH is 7. The van der Waals surface area contributed by atoms with Crippen LogP contribution in [0.25, 0.3) is 0 Å². The normalized spacial score (nSPS) is 19.7. The van der Waals surface area contributed by atoms with E-state index in [1.165, 1.54) is 212 Å². The molecule has 1 amide bonds. The Hall–Kier alpha value is -1.93. The lowest BCUT2D eigenvalue weighted by Crippen LogP contribution is -2.60. The number of hydrogen-bond acceptors (Lipinski definition) is 10. The highest BCUT2D eigenvalue weighted by molar-refractivity contribution is 5.80. The molecule has 1 rings (SSSR count). The first-order chi connectivity index (χ1) is 38.2. The molecule has 1 heterocycles. The minimum absolute atomic E-state index is 0.241. The summed E-state index contributed by atoms with van der Waals surface area (Å²) < 4.78 is 11.2. The van der Waals surface area contributed by atoms with Crippen LogP contribution >= 0.6 is 0 Å². The van der Waals surface area contributed by atoms with Gasteiger partial charge in [0.1, 0.15) is 36.6 Å². The van der Waals surface area contributed by atoms with Gasteiger partial charge in [-0.25, -0.2) is 0 Å². The summed E-state index contributed by atoms with van der Waals surface area (Å²) in [6, 6.07) is -1.20. The van der Waals surface area contributed by atoms with Crippen LogP contribution in [0.1, 0.15) is 303 Å². The summed E-state index contributed by atoms with van der Waals surface area (Å²) in [5.74, 6) is -0.710. The maximum absolute atomic E-state index is 13.2. The Bertz CT molecular complexity index is 1410. The van der Waals surface area contributed by atoms with Crippen molar-refractivity contribution >= 4 is 5.91 Å². The van der Waals surface area contributed by atoms with Gasteiger partial charge in [0, 0.05) is 0 Å². The fraction of sp³-hybridized carbons (Fsp3) is 0.866. The number of carbonyl (C=O) groups excluding carboxylic acids is 1. The van der Waals surface area contributed by atoms with Crippen LogP contribution in [0.15, 0.2) is 48.6 Å². The van der Waals surface area contributed by atoms with Crippen molar-refractivity contribution in [2.75, 3.05) is 13.2 Å². The van der Waals surface area contributed by atoms with Gasteiger partial charge in [0.15, 0.2) is 6.29 Å². The molecule has 0 saturated carbocycles. The number of carbonyl (C=O) groups is 1. The van der Waals surface area contributed by atoms with E-state index in [1.54, 1.807) is 0 Å². The van der Waals surface area contributed by atoms with Crippen LogP contribution in [0.5, 0.6) is 0 Å². The van der Waals surface area contributed by atoms with Gasteiger partial charge in [-0.1, -0.05) is 262 Å². The third-order valence-electron chi connectivity index (χ3n) is 15.8. The summed E-state index contributed by atoms with van der Waals surface area (Å²) in [5, 5.41) is 76.3. The second-order valence-electron chi connectivity index (χ2n) is 23.2. The number of aliphatic hydroxyl groups is 7. The molecule has 1 fully saturated rings. The zero-order valence-electron chi connectivity index (χ0n) is 50.4. The fourth-order valence-electron chi connectivity index (χ4n) is 10.5. The van der Waals surface area contributed by atoms with Gasteiger partial charge in [0.05, 0.1) is 25.4 Å². The first kappa shape index (κ1) is 74.1. The number of amides is 1. The van der Waals surface area contributed by atoms with Crippen molar-refractivity contribution in [3.63, 3.8) is 0 Å². The average Bonchev–Trinajstić information content (AvgIpc) is 3.46. The largest absolute Gasteiger partial charge is 0.394 e. The lowest BCUT2D eigenvalue weighted by Gasteiger charge is -2.40. The van der Waals surface area contributed by atoms with Gasteiger partial charge in [-0.3, -0.25) is 4.79 Å². The highest BCUT2D eigenvalue weighted by atomic mass is 16.7. The van der Waals surface area contributed by atoms with Gasteiger partial charge in [0.2, 0.25) is 5.91 Å². The summed E-state index contributed by atoms with van der Waals surface area (Å²) in [6.07, 6.45) is 60.4. The molecule has 0 aliphatic carbocycles. The standard InChI is InChI=1S/C67H125NO10/c1-3-5-7-9-11-13-15-17-19-21-23-25-27-29-30-31-33-35-37-39-41-43-45-47-49-51-53-55-60(71)66(76)68-58(57-77-67-65(75)64(74)63(73)61(56-69)78-67)62(72)59(70)54-52-50-48-46-44-42-40-38-36-34-32-28-26-24-22-20-18-16-14-12-10-8-6-4-2/h28-30,32,38,40,46,48,58-65,67,69-75H,3-27,31,33-37,39,41-45,47,49-57H2,1-2H3,(H,68,76)/b30-29-,32-28+,40-38+,48-46+. The predicted octanol–water partition coefficient (Wildman–Crippen LogP) is 15.2. The van der Waals surface area contributed by atoms with Gasteiger partial charge >= 0.3 is 0 Å². The molecule has 0 aromatic heterocycles. The molecule has 1 aliphatic heterocycles. The fourth-order valence-corrected chi connectivity index (χ4v) is 10.5. The zero-order chi connectivity index (χ0) is 56.8. The molecule has 9 unspecified atom stereocenters. The number of hydrogen-bond donors (Lipinski definition) is 8. The summed E-state index contributed by atoms with van der Waals surface area (Å²) >= 11 is 0. The molecular formula is C67H125NO10. The summed E-state index contributed by atoms with van der Waals surface area (Å²) in [7, 11) is 0. The lowest BCUT2D eigenvalue weighted by atomic mass is 9.98. The number of rotatable bonds is 57. The van der Waals surface area contributed by atoms with Gasteiger partial charge in [0.25, 0.3) is 0 Å². The van der Waals surface area contributed by atoms with Gasteiger partial charge in [-0.15, -0.1) is 0 Å². The van der Waals surface area contributed by atoms with Crippen LogP contribution in [0.3, 0.4) is 0 Å². The van der Waals surface area contributed by atoms with Crippen LogP contribution < -0.4 is 5.32 Å². The smallest absolute Gasteiger partial charge is 0.249 e. The van der Waals surface area contributed by atoms with E-state index in [1.807, 2.05) is 0 Å². The van der Waals surface area contributed by atoms with E-state index in [2.05, 4.69) is 67.8 Å². The van der Waals surface area contributed by atoms with E-state index in [0.717, 1.165) is 44.9 Å². The molecule has 0 aromatic carbocycles. The Balaban J connectivity index is 2.28. The van der Waals surface area contributed by atoms with Gasteiger partial charge in [-0.2, -0.15) is 0 Å². The topological polar surface area (TPSA) is 189 Å². The Morgan fingerprint density at radius 2 is 0.769 bits per heavy atom. The van der Waals surface area contributed by atoms with Gasteiger partial charge < -0.3 is 50.5 Å². The Kier molecular flexibility index (Phi) is 52.8. The quantitative estimate of drug-likeness (QED) is 0.0215. The number of nitrogens with one attached hydrogen (secondary N) is 1. The second kappa shape index (κ2) is 55.6. The summed E-state index contributed by atoms with van der Waals surface area (Å²) in [6.45, 7) is 3.47. The van der Waals surface area contributed by atoms with Gasteiger partial charge in [-0.05, 0) is 89.9 Å². The van der Waals surface area contributed by atoms with E-state index < -0.39 is 74.2 Å². The van der Waals surface area contributed by atoms with Crippen LogP contribution in [-0.2, 0) is 14.3 Å². The van der Waals surface area contributed by atoms with E-state index in [9.17, 15) is 40.5 Å². The molecule has 11 nitrogen and oxygen atoms in total. The third-order valence-corrected chi connectivity index (χ3v) is 15.8. The van der Waals surface area contributed by atoms with Crippen molar-refractivity contribution in [1.29, 1.82) is 0 Å². The molecule has 458 valence electrons. The Morgan fingerprint density at radius 1 is 0.436 bits per heavy atom. The first-order valence-corrected chi connectivity index (χ1v) is 33.0. The Morgan fingerprint density at radius 3 is 1.14 bits per heavy atom. The van der Waals surface area contributed by atoms with Crippen molar-refractivity contribution in [2.45, 2.75) is 358 Å². The van der Waals surface area contributed by atoms with E-state index in [-0.39, 0.29) is 12.8 Å². The van der Waals surface area contributed by atoms with E-state index >= 15 is 0 Å². The molecule has 0 aromatic rings. The SMILES string of the molecule is CCCCCCCCCCCCC/C=C/CC/C=C/CC/C=C/CCCC(O)C(O)C(COC1OC(CO)C(O)C(O)C1O)NC(=O)C(O)CCCCCCCCCCCCC/C=C\CCCCCCCCCCCCCC. The molecule has 11 heteroatoms. The number of unbranched alkanes of at least 4 members (excludes halogenated alkanes) is 37. The molecular weight excluding hydrogens is 979 g/mol. The maximum atomic E-state index is 13.2. The van der Waals surface area contributed by atoms with E-state index in [4.69, 9.17) is 9.47 Å². The van der Waals surface area contributed by atoms with Crippen LogP contribution in [0.2, 0.25) is 0 Å². The predicted molar refractivity (Wildman–Crippen MR) is 325 cm³/mol. The van der Waals surface area contributed by atoms with E-state index in [0.29, 0.717) is 19.3 Å².